The maximum atomic E-state index is 12.3. The van der Waals surface area contributed by atoms with Gasteiger partial charge in [-0.15, -0.1) is 0 Å². The summed E-state index contributed by atoms with van der Waals surface area (Å²) in [4.78, 5) is 24.3. The number of rotatable bonds is 7. The first kappa shape index (κ1) is 18.8. The number of hydrogen-bond acceptors (Lipinski definition) is 4. The Morgan fingerprint density at radius 3 is 2.36 bits per heavy atom. The first-order chi connectivity index (χ1) is 12.1. The van der Waals surface area contributed by atoms with Crippen molar-refractivity contribution in [3.63, 3.8) is 0 Å². The Hall–Kier alpha value is -2.57. The molecule has 0 unspecified atom stereocenters. The Morgan fingerprint density at radius 1 is 0.960 bits per heavy atom. The molecule has 0 saturated carbocycles. The van der Waals surface area contributed by atoms with Gasteiger partial charge in [0.15, 0.2) is 0 Å². The molecule has 0 aromatic heterocycles. The topological polar surface area (TPSA) is 76.7 Å². The number of benzene rings is 2. The molecule has 0 spiro atoms. The second kappa shape index (κ2) is 9.66. The summed E-state index contributed by atoms with van der Waals surface area (Å²) in [6.07, 6.45) is 0. The van der Waals surface area contributed by atoms with Gasteiger partial charge in [0.25, 0.3) is 11.8 Å². The van der Waals surface area contributed by atoms with Gasteiger partial charge in [-0.1, -0.05) is 23.7 Å². The van der Waals surface area contributed by atoms with Gasteiger partial charge < -0.3 is 9.47 Å². The molecule has 2 N–H and O–H groups in total. The van der Waals surface area contributed by atoms with E-state index < -0.39 is 11.8 Å². The predicted molar refractivity (Wildman–Crippen MR) is 94.8 cm³/mol. The molecule has 0 atom stereocenters. The number of carbonyl (C=O) groups is 2. The predicted octanol–water partition coefficient (Wildman–Crippen LogP) is 2.83. The van der Waals surface area contributed by atoms with Crippen LogP contribution in [0.3, 0.4) is 0 Å². The van der Waals surface area contributed by atoms with Crippen LogP contribution in [-0.2, 0) is 4.74 Å². The smallest absolute Gasteiger partial charge is 0.273 e. The Morgan fingerprint density at radius 2 is 1.64 bits per heavy atom. The molecule has 2 aromatic rings. The molecular formula is C18H19ClN2O4. The van der Waals surface area contributed by atoms with E-state index in [-0.39, 0.29) is 0 Å². The number of amides is 2. The van der Waals surface area contributed by atoms with Gasteiger partial charge in [0.1, 0.15) is 12.4 Å². The first-order valence-corrected chi connectivity index (χ1v) is 8.15. The van der Waals surface area contributed by atoms with E-state index in [9.17, 15) is 9.59 Å². The van der Waals surface area contributed by atoms with Crippen LogP contribution in [0, 0.1) is 0 Å². The zero-order valence-corrected chi connectivity index (χ0v) is 14.5. The number of hydrazine groups is 1. The molecule has 2 amide bonds. The average Bonchev–Trinajstić information content (AvgIpc) is 2.64. The van der Waals surface area contributed by atoms with E-state index in [2.05, 4.69) is 10.9 Å². The Kier molecular flexibility index (Phi) is 7.25. The minimum absolute atomic E-state index is 0.315. The number of para-hydroxylation sites is 1. The number of nitrogens with one attached hydrogen (secondary N) is 2. The molecule has 6 nitrogen and oxygen atoms in total. The summed E-state index contributed by atoms with van der Waals surface area (Å²) in [6, 6.07) is 13.1. The van der Waals surface area contributed by atoms with Gasteiger partial charge in [-0.2, -0.15) is 0 Å². The lowest BCUT2D eigenvalue weighted by Crippen LogP contribution is -2.41. The highest BCUT2D eigenvalue weighted by atomic mass is 35.5. The normalized spacial score (nSPS) is 10.2. The third-order valence-corrected chi connectivity index (χ3v) is 3.47. The van der Waals surface area contributed by atoms with Crippen molar-refractivity contribution in [2.45, 2.75) is 6.92 Å². The van der Waals surface area contributed by atoms with Crippen LogP contribution in [0.25, 0.3) is 0 Å². The van der Waals surface area contributed by atoms with Crippen LogP contribution in [0.15, 0.2) is 48.5 Å². The van der Waals surface area contributed by atoms with Crippen LogP contribution in [0.5, 0.6) is 5.75 Å². The monoisotopic (exact) mass is 362 g/mol. The van der Waals surface area contributed by atoms with E-state index in [0.717, 1.165) is 0 Å². The summed E-state index contributed by atoms with van der Waals surface area (Å²) >= 11 is 5.78. The summed E-state index contributed by atoms with van der Waals surface area (Å²) in [5.74, 6) is -0.505. The lowest BCUT2D eigenvalue weighted by Gasteiger charge is -2.12. The highest BCUT2D eigenvalue weighted by molar-refractivity contribution is 6.30. The molecule has 0 heterocycles. The summed E-state index contributed by atoms with van der Waals surface area (Å²) < 4.78 is 10.8. The Labute approximate surface area is 151 Å². The summed E-state index contributed by atoms with van der Waals surface area (Å²) in [5, 5.41) is 0.527. The molecule has 132 valence electrons. The Balaban J connectivity index is 1.94. The van der Waals surface area contributed by atoms with E-state index in [0.29, 0.717) is 41.7 Å². The van der Waals surface area contributed by atoms with Gasteiger partial charge >= 0.3 is 0 Å². The second-order valence-corrected chi connectivity index (χ2v) is 5.39. The highest BCUT2D eigenvalue weighted by Crippen LogP contribution is 2.17. The van der Waals surface area contributed by atoms with Crippen molar-refractivity contribution in [1.82, 2.24) is 10.9 Å². The summed E-state index contributed by atoms with van der Waals surface area (Å²) in [7, 11) is 0. The van der Waals surface area contributed by atoms with Gasteiger partial charge in [0.05, 0.1) is 12.2 Å². The number of hydrogen-bond donors (Lipinski definition) is 2. The summed E-state index contributed by atoms with van der Waals surface area (Å²) in [5.41, 5.74) is 5.43. The molecule has 0 bridgehead atoms. The van der Waals surface area contributed by atoms with E-state index in [1.165, 1.54) is 0 Å². The molecule has 0 radical (unpaired) electrons. The fourth-order valence-corrected chi connectivity index (χ4v) is 2.12. The quantitative estimate of drug-likeness (QED) is 0.586. The molecule has 0 fully saturated rings. The molecule has 25 heavy (non-hydrogen) atoms. The van der Waals surface area contributed by atoms with Gasteiger partial charge in [-0.25, -0.2) is 0 Å². The first-order valence-electron chi connectivity index (χ1n) is 7.77. The van der Waals surface area contributed by atoms with E-state index >= 15 is 0 Å². The minimum Gasteiger partial charge on any atom is -0.490 e. The Bertz CT molecular complexity index is 719. The lowest BCUT2D eigenvalue weighted by atomic mass is 10.2. The van der Waals surface area contributed by atoms with Crippen LogP contribution in [0.1, 0.15) is 27.6 Å². The highest BCUT2D eigenvalue weighted by Gasteiger charge is 2.13. The van der Waals surface area contributed by atoms with E-state index in [4.69, 9.17) is 21.1 Å². The van der Waals surface area contributed by atoms with E-state index in [1.807, 2.05) is 6.92 Å². The molecule has 7 heteroatoms. The van der Waals surface area contributed by atoms with E-state index in [1.54, 1.807) is 48.5 Å². The van der Waals surface area contributed by atoms with Crippen LogP contribution in [0.2, 0.25) is 5.02 Å². The number of halogens is 1. The zero-order chi connectivity index (χ0) is 18.1. The van der Waals surface area contributed by atoms with Crippen LogP contribution in [0.4, 0.5) is 0 Å². The number of ether oxygens (including phenoxy) is 2. The fourth-order valence-electron chi connectivity index (χ4n) is 1.99. The van der Waals surface area contributed by atoms with Gasteiger partial charge in [-0.3, -0.25) is 20.4 Å². The lowest BCUT2D eigenvalue weighted by molar-refractivity contribution is 0.0840. The minimum atomic E-state index is -0.477. The maximum absolute atomic E-state index is 12.3. The van der Waals surface area contributed by atoms with Crippen molar-refractivity contribution in [2.75, 3.05) is 19.8 Å². The van der Waals surface area contributed by atoms with Gasteiger partial charge in [-0.05, 0) is 43.3 Å². The van der Waals surface area contributed by atoms with Crippen LogP contribution in [-0.4, -0.2) is 31.6 Å². The SMILES string of the molecule is CCOCCOc1ccccc1C(=O)NNC(=O)c1ccc(Cl)cc1. The third kappa shape index (κ3) is 5.77. The second-order valence-electron chi connectivity index (χ2n) is 4.96. The standard InChI is InChI=1S/C18H19ClN2O4/c1-2-24-11-12-25-16-6-4-3-5-15(16)18(23)21-20-17(22)13-7-9-14(19)10-8-13/h3-10H,2,11-12H2,1H3,(H,20,22)(H,21,23). The largest absolute Gasteiger partial charge is 0.490 e. The van der Waals surface area contributed by atoms with Crippen molar-refractivity contribution < 1.29 is 19.1 Å². The molecule has 0 aliphatic heterocycles. The van der Waals surface area contributed by atoms with Crippen LogP contribution >= 0.6 is 11.6 Å². The van der Waals surface area contributed by atoms with Crippen LogP contribution < -0.4 is 15.6 Å². The van der Waals surface area contributed by atoms with Gasteiger partial charge in [0.2, 0.25) is 0 Å². The molecule has 0 aliphatic rings. The molecule has 2 rings (SSSR count). The van der Waals surface area contributed by atoms with Gasteiger partial charge in [0, 0.05) is 17.2 Å². The third-order valence-electron chi connectivity index (χ3n) is 3.22. The molecular weight excluding hydrogens is 344 g/mol. The van der Waals surface area contributed by atoms with Crippen molar-refractivity contribution in [1.29, 1.82) is 0 Å². The summed E-state index contributed by atoms with van der Waals surface area (Å²) in [6.45, 7) is 3.25. The molecule has 0 aliphatic carbocycles. The van der Waals surface area contributed by atoms with Crippen molar-refractivity contribution in [3.05, 3.63) is 64.7 Å². The fraction of sp³-hybridized carbons (Fsp3) is 0.222. The van der Waals surface area contributed by atoms with Crippen molar-refractivity contribution in [3.8, 4) is 5.75 Å². The molecule has 2 aromatic carbocycles. The van der Waals surface area contributed by atoms with Crippen molar-refractivity contribution in [2.24, 2.45) is 0 Å². The zero-order valence-electron chi connectivity index (χ0n) is 13.8. The average molecular weight is 363 g/mol. The number of carbonyl (C=O) groups excluding carboxylic acids is 2. The molecule has 0 saturated heterocycles. The van der Waals surface area contributed by atoms with Crippen molar-refractivity contribution >= 4 is 23.4 Å². The maximum Gasteiger partial charge on any atom is 0.273 e.